The Morgan fingerprint density at radius 3 is 2.31 bits per heavy atom. The number of ether oxygens (including phenoxy) is 1. The van der Waals surface area contributed by atoms with Crippen molar-refractivity contribution in [3.05, 3.63) is 29.8 Å². The van der Waals surface area contributed by atoms with E-state index >= 15 is 0 Å². The summed E-state index contributed by atoms with van der Waals surface area (Å²) >= 11 is 0. The van der Waals surface area contributed by atoms with Gasteiger partial charge < -0.3 is 4.74 Å². The summed E-state index contributed by atoms with van der Waals surface area (Å²) in [6.07, 6.45) is 0. The molecule has 0 aromatic heterocycles. The highest BCUT2D eigenvalue weighted by molar-refractivity contribution is 6.05. The van der Waals surface area contributed by atoms with Gasteiger partial charge >= 0.3 is 5.97 Å². The standard InChI is InChI=1S/C11H11NO4/c1-7(13)12-11(15)9-5-3-4-6-10(9)16-8(2)14/h3-6H,1-2H3,(H,12,13,15). The highest BCUT2D eigenvalue weighted by Gasteiger charge is 2.13. The molecule has 0 aliphatic carbocycles. The first kappa shape index (κ1) is 11.9. The van der Waals surface area contributed by atoms with Crippen LogP contribution in [0.15, 0.2) is 24.3 Å². The molecule has 0 atom stereocenters. The van der Waals surface area contributed by atoms with E-state index in [0.29, 0.717) is 0 Å². The fraction of sp³-hybridized carbons (Fsp3) is 0.182. The fourth-order valence-corrected chi connectivity index (χ4v) is 1.13. The average Bonchev–Trinajstić information content (AvgIpc) is 2.16. The van der Waals surface area contributed by atoms with E-state index in [0.717, 1.165) is 0 Å². The lowest BCUT2D eigenvalue weighted by Crippen LogP contribution is -2.28. The Hall–Kier alpha value is -2.17. The van der Waals surface area contributed by atoms with Gasteiger partial charge in [0.25, 0.3) is 5.91 Å². The van der Waals surface area contributed by atoms with Gasteiger partial charge in [-0.05, 0) is 12.1 Å². The van der Waals surface area contributed by atoms with Crippen molar-refractivity contribution < 1.29 is 19.1 Å². The van der Waals surface area contributed by atoms with E-state index < -0.39 is 17.8 Å². The Labute approximate surface area is 92.4 Å². The SMILES string of the molecule is CC(=O)NC(=O)c1ccccc1OC(C)=O. The number of hydrogen-bond donors (Lipinski definition) is 1. The third kappa shape index (κ3) is 3.20. The lowest BCUT2D eigenvalue weighted by atomic mass is 10.2. The number of benzene rings is 1. The van der Waals surface area contributed by atoms with Crippen LogP contribution in [0.3, 0.4) is 0 Å². The molecule has 0 saturated heterocycles. The van der Waals surface area contributed by atoms with Crippen LogP contribution in [0, 0.1) is 0 Å². The molecule has 0 aliphatic rings. The van der Waals surface area contributed by atoms with Crippen molar-refractivity contribution in [2.24, 2.45) is 0 Å². The zero-order valence-corrected chi connectivity index (χ0v) is 8.94. The number of esters is 1. The highest BCUT2D eigenvalue weighted by atomic mass is 16.5. The Kier molecular flexibility index (Phi) is 3.77. The van der Waals surface area contributed by atoms with Crippen LogP contribution >= 0.6 is 0 Å². The quantitative estimate of drug-likeness (QED) is 0.594. The van der Waals surface area contributed by atoms with Crippen LogP contribution in [-0.4, -0.2) is 17.8 Å². The number of hydrogen-bond acceptors (Lipinski definition) is 4. The maximum atomic E-state index is 11.5. The van der Waals surface area contributed by atoms with E-state index in [1.54, 1.807) is 12.1 Å². The van der Waals surface area contributed by atoms with Crippen molar-refractivity contribution in [2.75, 3.05) is 0 Å². The molecule has 1 aromatic rings. The largest absolute Gasteiger partial charge is 0.426 e. The van der Waals surface area contributed by atoms with E-state index in [-0.39, 0.29) is 11.3 Å². The van der Waals surface area contributed by atoms with Gasteiger partial charge in [-0.25, -0.2) is 0 Å². The van der Waals surface area contributed by atoms with Gasteiger partial charge in [-0.1, -0.05) is 12.1 Å². The summed E-state index contributed by atoms with van der Waals surface area (Å²) in [6, 6.07) is 6.19. The second-order valence-corrected chi connectivity index (χ2v) is 3.10. The molecule has 84 valence electrons. The van der Waals surface area contributed by atoms with E-state index in [2.05, 4.69) is 5.32 Å². The van der Waals surface area contributed by atoms with Crippen molar-refractivity contribution in [1.29, 1.82) is 0 Å². The van der Waals surface area contributed by atoms with E-state index in [1.165, 1.54) is 26.0 Å². The van der Waals surface area contributed by atoms with Crippen LogP contribution in [-0.2, 0) is 9.59 Å². The van der Waals surface area contributed by atoms with E-state index in [1.807, 2.05) is 0 Å². The molecular weight excluding hydrogens is 210 g/mol. The lowest BCUT2D eigenvalue weighted by Gasteiger charge is -2.07. The normalized spacial score (nSPS) is 9.38. The third-order valence-corrected chi connectivity index (χ3v) is 1.67. The Morgan fingerprint density at radius 1 is 1.12 bits per heavy atom. The number of nitrogens with one attached hydrogen (secondary N) is 1. The molecule has 0 saturated carbocycles. The molecule has 0 fully saturated rings. The van der Waals surface area contributed by atoms with Crippen LogP contribution in [0.5, 0.6) is 5.75 Å². The minimum absolute atomic E-state index is 0.133. The second-order valence-electron chi connectivity index (χ2n) is 3.10. The Bertz CT molecular complexity index is 439. The number of carbonyl (C=O) groups excluding carboxylic acids is 3. The molecule has 0 unspecified atom stereocenters. The predicted octanol–water partition coefficient (Wildman–Crippen LogP) is 0.888. The molecule has 16 heavy (non-hydrogen) atoms. The maximum absolute atomic E-state index is 11.5. The second kappa shape index (κ2) is 5.06. The monoisotopic (exact) mass is 221 g/mol. The molecule has 5 nitrogen and oxygen atoms in total. The Morgan fingerprint density at radius 2 is 1.75 bits per heavy atom. The van der Waals surface area contributed by atoms with Crippen molar-refractivity contribution in [2.45, 2.75) is 13.8 Å². The summed E-state index contributed by atoms with van der Waals surface area (Å²) in [5.74, 6) is -1.45. The molecule has 1 rings (SSSR count). The molecule has 1 aromatic carbocycles. The zero-order valence-electron chi connectivity index (χ0n) is 8.94. The van der Waals surface area contributed by atoms with Gasteiger partial charge in [0.05, 0.1) is 5.56 Å². The number of rotatable bonds is 2. The molecular formula is C11H11NO4. The van der Waals surface area contributed by atoms with Gasteiger partial charge in [0.1, 0.15) is 5.75 Å². The van der Waals surface area contributed by atoms with Gasteiger partial charge in [0.15, 0.2) is 0 Å². The lowest BCUT2D eigenvalue weighted by molar-refractivity contribution is -0.131. The predicted molar refractivity (Wildman–Crippen MR) is 55.9 cm³/mol. The summed E-state index contributed by atoms with van der Waals surface area (Å²) < 4.78 is 4.84. The molecule has 1 N–H and O–H groups in total. The Balaban J connectivity index is 2.98. The molecule has 0 heterocycles. The van der Waals surface area contributed by atoms with Gasteiger partial charge in [0, 0.05) is 13.8 Å². The van der Waals surface area contributed by atoms with Gasteiger partial charge in [0.2, 0.25) is 5.91 Å². The molecule has 0 spiro atoms. The number of amides is 2. The summed E-state index contributed by atoms with van der Waals surface area (Å²) in [4.78, 5) is 33.0. The first-order chi connectivity index (χ1) is 7.50. The van der Waals surface area contributed by atoms with Crippen LogP contribution < -0.4 is 10.1 Å². The number of carbonyl (C=O) groups is 3. The summed E-state index contributed by atoms with van der Waals surface area (Å²) in [5, 5.41) is 2.10. The topological polar surface area (TPSA) is 72.5 Å². The van der Waals surface area contributed by atoms with Gasteiger partial charge in [-0.2, -0.15) is 0 Å². The van der Waals surface area contributed by atoms with Crippen molar-refractivity contribution in [3.63, 3.8) is 0 Å². The first-order valence-corrected chi connectivity index (χ1v) is 4.60. The summed E-state index contributed by atoms with van der Waals surface area (Å²) in [6.45, 7) is 2.46. The van der Waals surface area contributed by atoms with Crippen LogP contribution in [0.1, 0.15) is 24.2 Å². The van der Waals surface area contributed by atoms with Crippen molar-refractivity contribution >= 4 is 17.8 Å². The smallest absolute Gasteiger partial charge is 0.308 e. The minimum atomic E-state index is -0.593. The molecule has 0 bridgehead atoms. The number of imide groups is 1. The van der Waals surface area contributed by atoms with E-state index in [4.69, 9.17) is 4.74 Å². The fourth-order valence-electron chi connectivity index (χ4n) is 1.13. The molecule has 0 radical (unpaired) electrons. The molecule has 0 aliphatic heterocycles. The van der Waals surface area contributed by atoms with Crippen LogP contribution in [0.25, 0.3) is 0 Å². The van der Waals surface area contributed by atoms with Gasteiger partial charge in [-0.15, -0.1) is 0 Å². The van der Waals surface area contributed by atoms with Crippen molar-refractivity contribution in [3.8, 4) is 5.75 Å². The average molecular weight is 221 g/mol. The summed E-state index contributed by atoms with van der Waals surface area (Å²) in [7, 11) is 0. The van der Waals surface area contributed by atoms with Crippen molar-refractivity contribution in [1.82, 2.24) is 5.32 Å². The number of para-hydroxylation sites is 1. The third-order valence-electron chi connectivity index (χ3n) is 1.67. The van der Waals surface area contributed by atoms with E-state index in [9.17, 15) is 14.4 Å². The van der Waals surface area contributed by atoms with Crippen LogP contribution in [0.2, 0.25) is 0 Å². The highest BCUT2D eigenvalue weighted by Crippen LogP contribution is 2.17. The minimum Gasteiger partial charge on any atom is -0.426 e. The maximum Gasteiger partial charge on any atom is 0.308 e. The zero-order chi connectivity index (χ0) is 12.1. The van der Waals surface area contributed by atoms with Crippen LogP contribution in [0.4, 0.5) is 0 Å². The summed E-state index contributed by atoms with van der Waals surface area (Å²) in [5.41, 5.74) is 0.146. The van der Waals surface area contributed by atoms with Gasteiger partial charge in [-0.3, -0.25) is 19.7 Å². The first-order valence-electron chi connectivity index (χ1n) is 4.60. The molecule has 2 amide bonds. The molecule has 5 heteroatoms.